The van der Waals surface area contributed by atoms with Crippen molar-refractivity contribution in [2.75, 3.05) is 11.9 Å². The molecule has 0 aliphatic heterocycles. The van der Waals surface area contributed by atoms with Gasteiger partial charge in [0, 0.05) is 6.07 Å². The van der Waals surface area contributed by atoms with Crippen molar-refractivity contribution in [1.82, 2.24) is 10.5 Å². The molecule has 1 atom stereocenters. The lowest BCUT2D eigenvalue weighted by molar-refractivity contribution is -0.131. The third-order valence-electron chi connectivity index (χ3n) is 4.71. The third kappa shape index (κ3) is 3.56. The van der Waals surface area contributed by atoms with E-state index >= 15 is 0 Å². The van der Waals surface area contributed by atoms with E-state index in [2.05, 4.69) is 20.3 Å². The first-order chi connectivity index (χ1) is 12.2. The summed E-state index contributed by atoms with van der Waals surface area (Å²) in [6.07, 6.45) is 4.69. The summed E-state index contributed by atoms with van der Waals surface area (Å²) in [6, 6.07) is 10.0. The van der Waals surface area contributed by atoms with Gasteiger partial charge in [-0.2, -0.15) is 0 Å². The van der Waals surface area contributed by atoms with Crippen LogP contribution in [-0.4, -0.2) is 34.7 Å². The molecule has 0 spiro atoms. The third-order valence-corrected chi connectivity index (χ3v) is 4.71. The molecule has 3 N–H and O–H groups in total. The van der Waals surface area contributed by atoms with Crippen LogP contribution in [0.3, 0.4) is 0 Å². The van der Waals surface area contributed by atoms with E-state index in [1.807, 2.05) is 30.3 Å². The highest BCUT2D eigenvalue weighted by molar-refractivity contribution is 5.98. The van der Waals surface area contributed by atoms with Crippen molar-refractivity contribution in [3.05, 3.63) is 48.2 Å². The molecule has 25 heavy (non-hydrogen) atoms. The van der Waals surface area contributed by atoms with E-state index in [9.17, 15) is 14.7 Å². The molecule has 0 radical (unpaired) electrons. The van der Waals surface area contributed by atoms with Gasteiger partial charge in [0.2, 0.25) is 5.91 Å². The van der Waals surface area contributed by atoms with Crippen LogP contribution < -0.4 is 10.6 Å². The molecule has 1 aromatic heterocycles. The topological polar surface area (TPSA) is 104 Å². The zero-order valence-corrected chi connectivity index (χ0v) is 13.8. The summed E-state index contributed by atoms with van der Waals surface area (Å²) in [5.41, 5.74) is 0.293. The van der Waals surface area contributed by atoms with Crippen LogP contribution in [0.15, 0.2) is 47.2 Å². The number of rotatable bonds is 6. The van der Waals surface area contributed by atoms with Crippen molar-refractivity contribution in [3.8, 4) is 0 Å². The van der Waals surface area contributed by atoms with Crippen molar-refractivity contribution >= 4 is 17.6 Å². The molecule has 1 fully saturated rings. The van der Waals surface area contributed by atoms with Crippen LogP contribution in [-0.2, 0) is 15.0 Å². The zero-order valence-electron chi connectivity index (χ0n) is 13.8. The van der Waals surface area contributed by atoms with Crippen LogP contribution in [0.1, 0.15) is 31.2 Å². The molecule has 0 bridgehead atoms. The Morgan fingerprint density at radius 2 is 1.92 bits per heavy atom. The molecular weight excluding hydrogens is 322 g/mol. The Balaban J connectivity index is 1.75. The van der Waals surface area contributed by atoms with Crippen LogP contribution in [0.25, 0.3) is 0 Å². The van der Waals surface area contributed by atoms with Gasteiger partial charge in [-0.1, -0.05) is 48.3 Å². The normalized spacial score (nSPS) is 17.0. The fourth-order valence-corrected chi connectivity index (χ4v) is 3.36. The monoisotopic (exact) mass is 343 g/mol. The van der Waals surface area contributed by atoms with Crippen LogP contribution in [0.5, 0.6) is 0 Å². The maximum absolute atomic E-state index is 13.0. The zero-order chi connectivity index (χ0) is 17.7. The number of hydrogen-bond acceptors (Lipinski definition) is 5. The van der Waals surface area contributed by atoms with Gasteiger partial charge in [-0.25, -0.2) is 0 Å². The highest BCUT2D eigenvalue weighted by Crippen LogP contribution is 2.41. The average Bonchev–Trinajstić information content (AvgIpc) is 3.32. The van der Waals surface area contributed by atoms with E-state index in [1.54, 1.807) is 0 Å². The summed E-state index contributed by atoms with van der Waals surface area (Å²) >= 11 is 0. The number of hydrogen-bond donors (Lipinski definition) is 3. The van der Waals surface area contributed by atoms with Crippen LogP contribution in [0, 0.1) is 0 Å². The number of nitrogens with zero attached hydrogens (tertiary/aromatic N) is 1. The second-order valence-corrected chi connectivity index (χ2v) is 6.24. The minimum absolute atomic E-state index is 0.231. The standard InChI is InChI=1S/C18H21N3O4/c22-12-14(16(23)20-15-8-11-25-21-15)19-17(24)18(9-4-5-10-18)13-6-2-1-3-7-13/h1-3,6-8,11,14,22H,4-5,9-10,12H2,(H,19,24)(H,20,21,23)/t14-/m0/s1. The number of aromatic nitrogens is 1. The number of carbonyl (C=O) groups is 2. The predicted molar refractivity (Wildman–Crippen MR) is 90.7 cm³/mol. The molecule has 1 aliphatic rings. The lowest BCUT2D eigenvalue weighted by Gasteiger charge is -2.30. The van der Waals surface area contributed by atoms with Gasteiger partial charge in [0.15, 0.2) is 5.82 Å². The van der Waals surface area contributed by atoms with Crippen LogP contribution in [0.4, 0.5) is 5.82 Å². The summed E-state index contributed by atoms with van der Waals surface area (Å²) < 4.78 is 4.65. The molecule has 1 aromatic carbocycles. The maximum Gasteiger partial charge on any atom is 0.250 e. The molecule has 2 amide bonds. The van der Waals surface area contributed by atoms with Crippen molar-refractivity contribution in [3.63, 3.8) is 0 Å². The fourth-order valence-electron chi connectivity index (χ4n) is 3.36. The molecule has 132 valence electrons. The molecule has 0 unspecified atom stereocenters. The first kappa shape index (κ1) is 17.2. The molecule has 7 heteroatoms. The van der Waals surface area contributed by atoms with Gasteiger partial charge in [0.05, 0.1) is 12.0 Å². The number of anilines is 1. The number of aliphatic hydroxyl groups excluding tert-OH is 1. The van der Waals surface area contributed by atoms with Crippen LogP contribution >= 0.6 is 0 Å². The fraction of sp³-hybridized carbons (Fsp3) is 0.389. The minimum Gasteiger partial charge on any atom is -0.394 e. The molecule has 1 saturated carbocycles. The second kappa shape index (κ2) is 7.48. The minimum atomic E-state index is -1.05. The average molecular weight is 343 g/mol. The van der Waals surface area contributed by atoms with E-state index in [0.717, 1.165) is 31.2 Å². The van der Waals surface area contributed by atoms with E-state index in [-0.39, 0.29) is 11.7 Å². The Kier molecular flexibility index (Phi) is 5.14. The lowest BCUT2D eigenvalue weighted by atomic mass is 9.78. The number of aliphatic hydroxyl groups is 1. The summed E-state index contributed by atoms with van der Waals surface area (Å²) in [5, 5.41) is 18.3. The molecule has 2 aromatic rings. The first-order valence-electron chi connectivity index (χ1n) is 8.34. The highest BCUT2D eigenvalue weighted by Gasteiger charge is 2.43. The molecule has 1 heterocycles. The Morgan fingerprint density at radius 3 is 2.52 bits per heavy atom. The van der Waals surface area contributed by atoms with Crippen molar-refractivity contribution in [1.29, 1.82) is 0 Å². The SMILES string of the molecule is O=C(Nc1ccon1)[C@H](CO)NC(=O)C1(c2ccccc2)CCCC1. The summed E-state index contributed by atoms with van der Waals surface area (Å²) in [7, 11) is 0. The number of carbonyl (C=O) groups excluding carboxylic acids is 2. The number of nitrogens with one attached hydrogen (secondary N) is 2. The Bertz CT molecular complexity index is 709. The Morgan fingerprint density at radius 1 is 1.20 bits per heavy atom. The van der Waals surface area contributed by atoms with Crippen LogP contribution in [0.2, 0.25) is 0 Å². The predicted octanol–water partition coefficient (Wildman–Crippen LogP) is 1.60. The highest BCUT2D eigenvalue weighted by atomic mass is 16.5. The van der Waals surface area contributed by atoms with Gasteiger partial charge in [0.25, 0.3) is 5.91 Å². The summed E-state index contributed by atoms with van der Waals surface area (Å²) in [4.78, 5) is 25.3. The second-order valence-electron chi connectivity index (χ2n) is 6.24. The molecule has 7 nitrogen and oxygen atoms in total. The smallest absolute Gasteiger partial charge is 0.250 e. The van der Waals surface area contributed by atoms with Gasteiger partial charge in [-0.15, -0.1) is 0 Å². The van der Waals surface area contributed by atoms with E-state index in [4.69, 9.17) is 0 Å². The quantitative estimate of drug-likeness (QED) is 0.739. The van der Waals surface area contributed by atoms with Crippen molar-refractivity contribution in [2.45, 2.75) is 37.1 Å². The van der Waals surface area contributed by atoms with Gasteiger partial charge < -0.3 is 20.3 Å². The number of amides is 2. The van der Waals surface area contributed by atoms with Gasteiger partial charge >= 0.3 is 0 Å². The summed E-state index contributed by atoms with van der Waals surface area (Å²) in [6.45, 7) is -0.500. The Hall–Kier alpha value is -2.67. The lowest BCUT2D eigenvalue weighted by Crippen LogP contribution is -2.52. The van der Waals surface area contributed by atoms with Crippen molar-refractivity contribution in [2.24, 2.45) is 0 Å². The van der Waals surface area contributed by atoms with Crippen molar-refractivity contribution < 1.29 is 19.2 Å². The molecule has 0 saturated heterocycles. The molecular formula is C18H21N3O4. The molecule has 3 rings (SSSR count). The van der Waals surface area contributed by atoms with Gasteiger partial charge in [0.1, 0.15) is 12.3 Å². The number of benzene rings is 1. The van der Waals surface area contributed by atoms with Gasteiger partial charge in [-0.3, -0.25) is 9.59 Å². The van der Waals surface area contributed by atoms with Gasteiger partial charge in [-0.05, 0) is 18.4 Å². The maximum atomic E-state index is 13.0. The first-order valence-corrected chi connectivity index (χ1v) is 8.34. The van der Waals surface area contributed by atoms with E-state index in [1.165, 1.54) is 12.3 Å². The Labute approximate surface area is 145 Å². The summed E-state index contributed by atoms with van der Waals surface area (Å²) in [5.74, 6) is -0.534. The van der Waals surface area contributed by atoms with E-state index < -0.39 is 24.0 Å². The van der Waals surface area contributed by atoms with E-state index in [0.29, 0.717) is 0 Å². The molecule has 1 aliphatic carbocycles. The largest absolute Gasteiger partial charge is 0.394 e.